The minimum Gasteiger partial charge on any atom is -0.493 e. The van der Waals surface area contributed by atoms with Crippen molar-refractivity contribution in [1.29, 1.82) is 0 Å². The predicted octanol–water partition coefficient (Wildman–Crippen LogP) is 2.58. The van der Waals surface area contributed by atoms with Gasteiger partial charge in [0.25, 0.3) is 5.91 Å². The highest BCUT2D eigenvalue weighted by atomic mass is 35.5. The van der Waals surface area contributed by atoms with E-state index in [4.69, 9.17) is 26.8 Å². The number of aromatic amines is 1. The molecular formula is C21H23ClN6O3. The van der Waals surface area contributed by atoms with Gasteiger partial charge in [0.05, 0.1) is 36.7 Å². The van der Waals surface area contributed by atoms with Crippen LogP contribution in [0.2, 0.25) is 5.02 Å². The standard InChI is InChI=1S/C21H23ClN6O3/c1-13-17(11-24-21(23)25-13)20(29)28-6-8-31-19(12-28)18-10-15(26-27-18)5-7-30-16-4-2-3-14(22)9-16/h2-4,9-11,19H,5-8,12H2,1H3,(H,26,27)(H2,23,24,25)/t19-/m1/s1. The molecule has 0 aliphatic carbocycles. The van der Waals surface area contributed by atoms with Crippen LogP contribution >= 0.6 is 11.6 Å². The molecule has 0 saturated carbocycles. The fourth-order valence-corrected chi connectivity index (χ4v) is 3.57. The topological polar surface area (TPSA) is 119 Å². The molecule has 0 bridgehead atoms. The number of ether oxygens (including phenoxy) is 2. The van der Waals surface area contributed by atoms with Crippen molar-refractivity contribution >= 4 is 23.5 Å². The highest BCUT2D eigenvalue weighted by Gasteiger charge is 2.28. The SMILES string of the molecule is Cc1nc(N)ncc1C(=O)N1CCO[C@@H](c2cc(CCOc3cccc(Cl)c3)[nH]n2)C1. The third-order valence-electron chi connectivity index (χ3n) is 5.00. The van der Waals surface area contributed by atoms with Gasteiger partial charge in [-0.15, -0.1) is 0 Å². The second kappa shape index (κ2) is 9.32. The Bertz CT molecular complexity index is 1070. The zero-order valence-electron chi connectivity index (χ0n) is 17.0. The fraction of sp³-hybridized carbons (Fsp3) is 0.333. The molecule has 10 heteroatoms. The number of anilines is 1. The third kappa shape index (κ3) is 5.12. The van der Waals surface area contributed by atoms with Crippen molar-refractivity contribution < 1.29 is 14.3 Å². The number of nitrogens with one attached hydrogen (secondary N) is 1. The average Bonchev–Trinajstić information content (AvgIpc) is 3.22. The number of morpholine rings is 1. The largest absolute Gasteiger partial charge is 0.493 e. The van der Waals surface area contributed by atoms with Crippen LogP contribution in [0.15, 0.2) is 36.5 Å². The van der Waals surface area contributed by atoms with Crippen LogP contribution in [0.5, 0.6) is 5.75 Å². The Morgan fingerprint density at radius 2 is 2.29 bits per heavy atom. The van der Waals surface area contributed by atoms with E-state index in [1.54, 1.807) is 24.0 Å². The molecule has 162 valence electrons. The maximum absolute atomic E-state index is 12.9. The van der Waals surface area contributed by atoms with E-state index in [0.717, 1.165) is 17.1 Å². The Morgan fingerprint density at radius 1 is 1.42 bits per heavy atom. The van der Waals surface area contributed by atoms with Crippen LogP contribution in [0.25, 0.3) is 0 Å². The van der Waals surface area contributed by atoms with Gasteiger partial charge in [0.2, 0.25) is 5.95 Å². The van der Waals surface area contributed by atoms with Gasteiger partial charge < -0.3 is 20.1 Å². The first kappa shape index (κ1) is 21.1. The van der Waals surface area contributed by atoms with Crippen molar-refractivity contribution in [1.82, 2.24) is 25.1 Å². The van der Waals surface area contributed by atoms with E-state index in [1.807, 2.05) is 18.2 Å². The number of hydrogen-bond donors (Lipinski definition) is 2. The molecule has 0 radical (unpaired) electrons. The summed E-state index contributed by atoms with van der Waals surface area (Å²) in [6.45, 7) is 3.53. The highest BCUT2D eigenvalue weighted by molar-refractivity contribution is 6.30. The first-order chi connectivity index (χ1) is 15.0. The Kier molecular flexibility index (Phi) is 6.34. The number of nitrogens with zero attached hydrogens (tertiary/aromatic N) is 4. The molecule has 1 aliphatic heterocycles. The molecule has 9 nitrogen and oxygen atoms in total. The van der Waals surface area contributed by atoms with Crippen molar-refractivity contribution in [2.75, 3.05) is 32.0 Å². The molecule has 0 spiro atoms. The summed E-state index contributed by atoms with van der Waals surface area (Å²) >= 11 is 5.97. The summed E-state index contributed by atoms with van der Waals surface area (Å²) in [7, 11) is 0. The molecule has 3 N–H and O–H groups in total. The quantitative estimate of drug-likeness (QED) is 0.602. The van der Waals surface area contributed by atoms with Crippen LogP contribution in [0, 0.1) is 6.92 Å². The van der Waals surface area contributed by atoms with Gasteiger partial charge in [0, 0.05) is 29.9 Å². The molecule has 2 aromatic heterocycles. The van der Waals surface area contributed by atoms with Crippen molar-refractivity contribution in [3.8, 4) is 5.75 Å². The smallest absolute Gasteiger partial charge is 0.257 e. The van der Waals surface area contributed by atoms with Crippen molar-refractivity contribution in [3.63, 3.8) is 0 Å². The summed E-state index contributed by atoms with van der Waals surface area (Å²) in [5.41, 5.74) is 8.26. The number of nitrogen functional groups attached to an aromatic ring is 1. The summed E-state index contributed by atoms with van der Waals surface area (Å²) in [6, 6.07) is 9.22. The Morgan fingerprint density at radius 3 is 3.10 bits per heavy atom. The Balaban J connectivity index is 1.35. The maximum Gasteiger partial charge on any atom is 0.257 e. The van der Waals surface area contributed by atoms with Crippen LogP contribution in [0.3, 0.4) is 0 Å². The first-order valence-electron chi connectivity index (χ1n) is 9.92. The molecule has 1 aromatic carbocycles. The van der Waals surface area contributed by atoms with Crippen LogP contribution < -0.4 is 10.5 Å². The number of rotatable bonds is 6. The zero-order chi connectivity index (χ0) is 21.8. The lowest BCUT2D eigenvalue weighted by Gasteiger charge is -2.32. The lowest BCUT2D eigenvalue weighted by atomic mass is 10.1. The van der Waals surface area contributed by atoms with E-state index in [9.17, 15) is 4.79 Å². The van der Waals surface area contributed by atoms with Gasteiger partial charge in [0.1, 0.15) is 11.9 Å². The number of halogens is 1. The van der Waals surface area contributed by atoms with Gasteiger partial charge in [0.15, 0.2) is 0 Å². The molecule has 3 heterocycles. The van der Waals surface area contributed by atoms with Crippen molar-refractivity contribution in [2.45, 2.75) is 19.4 Å². The minimum absolute atomic E-state index is 0.142. The molecule has 1 aliphatic rings. The number of hydrogen-bond acceptors (Lipinski definition) is 7. The Labute approximate surface area is 184 Å². The van der Waals surface area contributed by atoms with E-state index in [1.165, 1.54) is 6.20 Å². The van der Waals surface area contributed by atoms with Gasteiger partial charge in [-0.3, -0.25) is 9.89 Å². The molecule has 1 atom stereocenters. The third-order valence-corrected chi connectivity index (χ3v) is 5.23. The minimum atomic E-state index is -0.313. The number of aryl methyl sites for hydroxylation is 1. The van der Waals surface area contributed by atoms with Crippen LogP contribution in [0.4, 0.5) is 5.95 Å². The molecule has 1 fully saturated rings. The van der Waals surface area contributed by atoms with Gasteiger partial charge in [-0.25, -0.2) is 9.97 Å². The van der Waals surface area contributed by atoms with E-state index < -0.39 is 0 Å². The van der Waals surface area contributed by atoms with Gasteiger partial charge in [-0.2, -0.15) is 5.10 Å². The molecule has 4 rings (SSSR count). The lowest BCUT2D eigenvalue weighted by molar-refractivity contribution is -0.0248. The summed E-state index contributed by atoms with van der Waals surface area (Å²) < 4.78 is 11.6. The number of amides is 1. The van der Waals surface area contributed by atoms with Crippen molar-refractivity contribution in [2.24, 2.45) is 0 Å². The van der Waals surface area contributed by atoms with Crippen molar-refractivity contribution in [3.05, 3.63) is 64.2 Å². The molecule has 0 unspecified atom stereocenters. The monoisotopic (exact) mass is 442 g/mol. The number of benzene rings is 1. The molecule has 31 heavy (non-hydrogen) atoms. The van der Waals surface area contributed by atoms with E-state index in [-0.39, 0.29) is 18.0 Å². The maximum atomic E-state index is 12.9. The normalized spacial score (nSPS) is 16.3. The van der Waals surface area contributed by atoms with E-state index in [2.05, 4.69) is 20.2 Å². The molecule has 1 saturated heterocycles. The average molecular weight is 443 g/mol. The lowest BCUT2D eigenvalue weighted by Crippen LogP contribution is -2.42. The summed E-state index contributed by atoms with van der Waals surface area (Å²) in [6.07, 6.45) is 1.81. The highest BCUT2D eigenvalue weighted by Crippen LogP contribution is 2.23. The second-order valence-electron chi connectivity index (χ2n) is 7.21. The number of H-pyrrole nitrogens is 1. The predicted molar refractivity (Wildman–Crippen MR) is 115 cm³/mol. The van der Waals surface area contributed by atoms with Gasteiger partial charge in [-0.1, -0.05) is 17.7 Å². The fourth-order valence-electron chi connectivity index (χ4n) is 3.39. The summed E-state index contributed by atoms with van der Waals surface area (Å²) in [4.78, 5) is 22.7. The molecule has 3 aromatic rings. The Hall–Kier alpha value is -3.17. The second-order valence-corrected chi connectivity index (χ2v) is 7.65. The number of carbonyl (C=O) groups is 1. The van der Waals surface area contributed by atoms with Crippen LogP contribution in [0.1, 0.15) is 33.5 Å². The van der Waals surface area contributed by atoms with Gasteiger partial charge in [-0.05, 0) is 31.2 Å². The zero-order valence-corrected chi connectivity index (χ0v) is 17.8. The van der Waals surface area contributed by atoms with E-state index >= 15 is 0 Å². The molecular weight excluding hydrogens is 420 g/mol. The van der Waals surface area contributed by atoms with Crippen LogP contribution in [-0.4, -0.2) is 57.3 Å². The number of nitrogens with two attached hydrogens (primary N) is 1. The number of aromatic nitrogens is 4. The summed E-state index contributed by atoms with van der Waals surface area (Å²) in [5.74, 6) is 0.729. The summed E-state index contributed by atoms with van der Waals surface area (Å²) in [5, 5.41) is 8.02. The molecule has 1 amide bonds. The van der Waals surface area contributed by atoms with Gasteiger partial charge >= 0.3 is 0 Å². The van der Waals surface area contributed by atoms with E-state index in [0.29, 0.717) is 49.0 Å². The van der Waals surface area contributed by atoms with Crippen LogP contribution in [-0.2, 0) is 11.2 Å². The first-order valence-corrected chi connectivity index (χ1v) is 10.3. The number of carbonyl (C=O) groups excluding carboxylic acids is 1.